The van der Waals surface area contributed by atoms with Gasteiger partial charge in [0.2, 0.25) is 0 Å². The van der Waals surface area contributed by atoms with Gasteiger partial charge in [0.15, 0.2) is 15.9 Å². The molecule has 0 bridgehead atoms. The van der Waals surface area contributed by atoms with Gasteiger partial charge in [-0.1, -0.05) is 55.3 Å². The first kappa shape index (κ1) is 37.7. The van der Waals surface area contributed by atoms with E-state index in [9.17, 15) is 39.6 Å². The lowest BCUT2D eigenvalue weighted by molar-refractivity contribution is -0.155. The van der Waals surface area contributed by atoms with Crippen LogP contribution in [0.1, 0.15) is 71.6 Å². The van der Waals surface area contributed by atoms with Crippen molar-refractivity contribution in [2.24, 2.45) is 0 Å². The largest absolute Gasteiger partial charge is 0.416 e. The highest BCUT2D eigenvalue weighted by Gasteiger charge is 2.43. The second-order valence-electron chi connectivity index (χ2n) is 13.7. The van der Waals surface area contributed by atoms with Crippen molar-refractivity contribution in [1.29, 1.82) is 0 Å². The second kappa shape index (κ2) is 15.2. The van der Waals surface area contributed by atoms with Crippen molar-refractivity contribution in [2.75, 3.05) is 32.4 Å². The van der Waals surface area contributed by atoms with Crippen LogP contribution in [0, 0.1) is 0 Å². The fourth-order valence-corrected chi connectivity index (χ4v) is 7.98. The number of aromatic nitrogens is 1. The molecule has 2 aliphatic rings. The fourth-order valence-electron chi connectivity index (χ4n) is 7.34. The summed E-state index contributed by atoms with van der Waals surface area (Å²) in [5, 5.41) is 2.11. The van der Waals surface area contributed by atoms with Gasteiger partial charge in [-0.25, -0.2) is 13.4 Å². The highest BCUT2D eigenvalue weighted by molar-refractivity contribution is 7.90. The van der Waals surface area contributed by atoms with E-state index >= 15 is 0 Å². The van der Waals surface area contributed by atoms with E-state index in [1.165, 1.54) is 73.5 Å². The van der Waals surface area contributed by atoms with E-state index in [0.29, 0.717) is 19.1 Å². The van der Waals surface area contributed by atoms with Gasteiger partial charge in [-0.2, -0.15) is 26.3 Å². The summed E-state index contributed by atoms with van der Waals surface area (Å²) in [6, 6.07) is 12.9. The Hall–Kier alpha value is -4.01. The van der Waals surface area contributed by atoms with Gasteiger partial charge in [0.25, 0.3) is 5.91 Å². The van der Waals surface area contributed by atoms with Crippen LogP contribution in [0.2, 0.25) is 0 Å². The first-order valence-corrected chi connectivity index (χ1v) is 19.2. The van der Waals surface area contributed by atoms with Crippen molar-refractivity contribution >= 4 is 26.6 Å². The second-order valence-corrected chi connectivity index (χ2v) is 15.7. The molecule has 0 saturated carbocycles. The number of alkyl halides is 6. The summed E-state index contributed by atoms with van der Waals surface area (Å²) in [6.45, 7) is 3.14. The van der Waals surface area contributed by atoms with Gasteiger partial charge in [-0.15, -0.1) is 0 Å². The summed E-state index contributed by atoms with van der Waals surface area (Å²) in [5.41, 5.74) is -1.31. The molecule has 4 aromatic rings. The van der Waals surface area contributed by atoms with Gasteiger partial charge < -0.3 is 10.2 Å². The minimum absolute atomic E-state index is 0.00577. The van der Waals surface area contributed by atoms with E-state index in [0.717, 1.165) is 57.2 Å². The number of benzene rings is 3. The van der Waals surface area contributed by atoms with E-state index in [2.05, 4.69) is 15.2 Å². The Morgan fingerprint density at radius 2 is 1.54 bits per heavy atom. The number of amides is 1. The summed E-state index contributed by atoms with van der Waals surface area (Å²) in [7, 11) is -3.85. The molecular weight excluding hydrogens is 706 g/mol. The number of carbonyl (C=O) groups is 1. The molecule has 3 aromatic carbocycles. The number of nitrogens with one attached hydrogen (secondary N) is 1. The van der Waals surface area contributed by atoms with Crippen LogP contribution < -0.4 is 5.32 Å². The summed E-state index contributed by atoms with van der Waals surface area (Å²) < 4.78 is 111. The van der Waals surface area contributed by atoms with Crippen LogP contribution >= 0.6 is 0 Å². The number of rotatable bonds is 8. The number of hydrogen-bond acceptors (Lipinski definition) is 6. The number of carbonyl (C=O) groups excluding carboxylic acids is 1. The maximum absolute atomic E-state index is 14.6. The van der Waals surface area contributed by atoms with Crippen molar-refractivity contribution in [3.05, 3.63) is 95.1 Å². The first-order valence-electron chi connectivity index (χ1n) is 17.3. The highest BCUT2D eigenvalue weighted by atomic mass is 32.2. The summed E-state index contributed by atoms with van der Waals surface area (Å²) in [6.07, 6.45) is -2.45. The van der Waals surface area contributed by atoms with Gasteiger partial charge in [-0.05, 0) is 87.8 Å². The molecule has 2 saturated heterocycles. The number of piperidine rings is 1. The summed E-state index contributed by atoms with van der Waals surface area (Å²) in [4.78, 5) is 23.4. The predicted octanol–water partition coefficient (Wildman–Crippen LogP) is 8.20. The number of fused-ring (bicyclic) bond motifs is 1. The molecule has 1 N–H and O–H groups in total. The Kier molecular flexibility index (Phi) is 11.0. The topological polar surface area (TPSA) is 82.6 Å². The van der Waals surface area contributed by atoms with E-state index in [-0.39, 0.29) is 50.3 Å². The smallest absolute Gasteiger partial charge is 0.337 e. The zero-order valence-electron chi connectivity index (χ0n) is 28.6. The van der Waals surface area contributed by atoms with Crippen LogP contribution in [-0.2, 0) is 22.6 Å². The monoisotopic (exact) mass is 746 g/mol. The SMILES string of the molecule is CS(=O)(=O)c1ccc2nc(-c3cccc(C(F)(F)F)c3)c(CN3CCC(N4CCCCCC4)CC3)c(C(=O)NC(c3ccccc3)C(F)(F)F)c2c1. The number of sulfone groups is 1. The molecule has 0 spiro atoms. The summed E-state index contributed by atoms with van der Waals surface area (Å²) >= 11 is 0. The number of hydrogen-bond donors (Lipinski definition) is 1. The molecule has 1 atom stereocenters. The van der Waals surface area contributed by atoms with Gasteiger partial charge in [0.05, 0.1) is 27.2 Å². The molecular formula is C38H40F6N4O3S. The maximum Gasteiger partial charge on any atom is 0.416 e. The Balaban J connectivity index is 1.51. The molecule has 2 aliphatic heterocycles. The van der Waals surface area contributed by atoms with Crippen molar-refractivity contribution in [2.45, 2.75) is 74.4 Å². The van der Waals surface area contributed by atoms with Crippen molar-refractivity contribution in [3.63, 3.8) is 0 Å². The van der Waals surface area contributed by atoms with Gasteiger partial charge >= 0.3 is 12.4 Å². The number of halogens is 6. The van der Waals surface area contributed by atoms with Crippen LogP contribution in [-0.4, -0.2) is 73.8 Å². The molecule has 52 heavy (non-hydrogen) atoms. The number of likely N-dealkylation sites (tertiary alicyclic amines) is 2. The van der Waals surface area contributed by atoms with Gasteiger partial charge in [0.1, 0.15) is 0 Å². The first-order chi connectivity index (χ1) is 24.6. The Bertz CT molecular complexity index is 2010. The lowest BCUT2D eigenvalue weighted by Crippen LogP contribution is -2.45. The third-order valence-corrected chi connectivity index (χ3v) is 11.1. The lowest BCUT2D eigenvalue weighted by Gasteiger charge is -2.38. The van der Waals surface area contributed by atoms with E-state index in [1.807, 2.05) is 4.90 Å². The average Bonchev–Trinajstić information content (AvgIpc) is 3.39. The molecule has 7 nitrogen and oxygen atoms in total. The van der Waals surface area contributed by atoms with Crippen molar-refractivity contribution in [1.82, 2.24) is 20.1 Å². The standard InChI is InChI=1S/C38H40F6N4O3S/c1-52(50,51)29-14-15-32-30(23-29)33(36(49)46-35(38(42,43)44)25-10-5-4-6-11-25)31(34(45-32)26-12-9-13-27(22-26)37(39,40)41)24-47-20-16-28(17-21-47)48-18-7-2-3-8-19-48/h4-6,9-15,22-23,28,35H,2-3,7-8,16-21,24H2,1H3,(H,46,49). The molecule has 2 fully saturated rings. The third-order valence-electron chi connectivity index (χ3n) is 10.0. The van der Waals surface area contributed by atoms with Crippen LogP contribution in [0.3, 0.4) is 0 Å². The molecule has 1 amide bonds. The van der Waals surface area contributed by atoms with Crippen LogP contribution in [0.15, 0.2) is 77.7 Å². The zero-order valence-corrected chi connectivity index (χ0v) is 29.4. The quantitative estimate of drug-likeness (QED) is 0.183. The number of pyridine rings is 1. The van der Waals surface area contributed by atoms with Crippen molar-refractivity contribution < 1.29 is 39.6 Å². The van der Waals surface area contributed by atoms with Gasteiger partial charge in [-0.3, -0.25) is 9.69 Å². The van der Waals surface area contributed by atoms with Crippen LogP contribution in [0.5, 0.6) is 0 Å². The van der Waals surface area contributed by atoms with E-state index in [4.69, 9.17) is 0 Å². The molecule has 278 valence electrons. The minimum atomic E-state index is -4.92. The maximum atomic E-state index is 14.6. The van der Waals surface area contributed by atoms with Gasteiger partial charge in [0, 0.05) is 35.4 Å². The average molecular weight is 747 g/mol. The molecule has 6 rings (SSSR count). The number of nitrogens with zero attached hydrogens (tertiary/aromatic N) is 3. The van der Waals surface area contributed by atoms with E-state index < -0.39 is 39.7 Å². The lowest BCUT2D eigenvalue weighted by atomic mass is 9.93. The molecule has 14 heteroatoms. The minimum Gasteiger partial charge on any atom is -0.337 e. The highest BCUT2D eigenvalue weighted by Crippen LogP contribution is 2.38. The molecule has 0 radical (unpaired) electrons. The summed E-state index contributed by atoms with van der Waals surface area (Å²) in [5.74, 6) is -1.16. The molecule has 0 aliphatic carbocycles. The van der Waals surface area contributed by atoms with Crippen LogP contribution in [0.25, 0.3) is 22.2 Å². The Morgan fingerprint density at radius 1 is 0.865 bits per heavy atom. The van der Waals surface area contributed by atoms with Crippen LogP contribution in [0.4, 0.5) is 26.3 Å². The Morgan fingerprint density at radius 3 is 2.15 bits per heavy atom. The van der Waals surface area contributed by atoms with E-state index in [1.54, 1.807) is 0 Å². The third kappa shape index (κ3) is 8.61. The fraction of sp³-hybridized carbons (Fsp3) is 0.421. The molecule has 3 heterocycles. The van der Waals surface area contributed by atoms with Crippen molar-refractivity contribution in [3.8, 4) is 11.3 Å². The Labute approximate surface area is 298 Å². The zero-order chi connectivity index (χ0) is 37.3. The predicted molar refractivity (Wildman–Crippen MR) is 186 cm³/mol. The molecule has 1 aromatic heterocycles. The molecule has 1 unspecified atom stereocenters. The normalized spacial score (nSPS) is 17.9.